The zero-order valence-corrected chi connectivity index (χ0v) is 17.6. The molecule has 5 rings (SSSR count). The predicted octanol–water partition coefficient (Wildman–Crippen LogP) is 4.90. The van der Waals surface area contributed by atoms with Gasteiger partial charge in [-0.15, -0.1) is 22.7 Å². The molecule has 0 radical (unpaired) electrons. The molecule has 146 valence electrons. The maximum absolute atomic E-state index is 12.7. The Balaban J connectivity index is 1.25. The minimum absolute atomic E-state index is 0.0424. The lowest BCUT2D eigenvalue weighted by atomic mass is 9.95. The molecule has 2 aliphatic carbocycles. The topological polar surface area (TPSA) is 56.1 Å². The third-order valence-corrected chi connectivity index (χ3v) is 8.55. The molecule has 0 aromatic carbocycles. The van der Waals surface area contributed by atoms with E-state index in [0.29, 0.717) is 18.0 Å². The molecule has 3 heterocycles. The summed E-state index contributed by atoms with van der Waals surface area (Å²) in [5.41, 5.74) is 3.41. The molecule has 1 amide bonds. The molecule has 3 aliphatic rings. The number of anilines is 1. The van der Waals surface area contributed by atoms with Crippen molar-refractivity contribution in [1.29, 1.82) is 5.26 Å². The first-order chi connectivity index (χ1) is 13.7. The minimum Gasteiger partial charge on any atom is -0.317 e. The van der Waals surface area contributed by atoms with Crippen LogP contribution in [0.15, 0.2) is 11.4 Å². The van der Waals surface area contributed by atoms with E-state index in [9.17, 15) is 10.1 Å². The lowest BCUT2D eigenvalue weighted by Crippen LogP contribution is -2.37. The van der Waals surface area contributed by atoms with E-state index in [1.165, 1.54) is 35.3 Å². The molecule has 1 aliphatic heterocycles. The molecular weight excluding hydrogens is 386 g/mol. The zero-order valence-electron chi connectivity index (χ0n) is 16.0. The van der Waals surface area contributed by atoms with Crippen LogP contribution in [0.5, 0.6) is 0 Å². The lowest BCUT2D eigenvalue weighted by Gasteiger charge is -2.36. The van der Waals surface area contributed by atoms with Gasteiger partial charge in [0.15, 0.2) is 0 Å². The number of rotatable bonds is 5. The highest BCUT2D eigenvalue weighted by atomic mass is 32.1. The van der Waals surface area contributed by atoms with Crippen molar-refractivity contribution in [2.24, 2.45) is 5.92 Å². The number of nitrogens with zero attached hydrogens (tertiary/aromatic N) is 2. The number of carbonyl (C=O) groups excluding carboxylic acids is 1. The number of amides is 1. The summed E-state index contributed by atoms with van der Waals surface area (Å²) in [7, 11) is 0. The van der Waals surface area contributed by atoms with Crippen LogP contribution in [0.3, 0.4) is 0 Å². The molecule has 0 saturated heterocycles. The summed E-state index contributed by atoms with van der Waals surface area (Å²) in [6, 6.07) is 5.14. The van der Waals surface area contributed by atoms with Crippen LogP contribution >= 0.6 is 22.7 Å². The maximum atomic E-state index is 12.7. The van der Waals surface area contributed by atoms with Crippen LogP contribution in [-0.4, -0.2) is 23.9 Å². The molecule has 1 N–H and O–H groups in total. The molecule has 2 aromatic heterocycles. The van der Waals surface area contributed by atoms with Gasteiger partial charge in [-0.1, -0.05) is 0 Å². The first kappa shape index (κ1) is 18.4. The summed E-state index contributed by atoms with van der Waals surface area (Å²) >= 11 is 3.50. The second-order valence-corrected chi connectivity index (χ2v) is 10.3. The number of nitriles is 1. The molecule has 0 unspecified atom stereocenters. The first-order valence-electron chi connectivity index (χ1n) is 10.4. The van der Waals surface area contributed by atoms with Crippen molar-refractivity contribution in [3.63, 3.8) is 0 Å². The third kappa shape index (κ3) is 3.41. The van der Waals surface area contributed by atoms with Gasteiger partial charge in [0.2, 0.25) is 5.91 Å². The van der Waals surface area contributed by atoms with E-state index in [1.54, 1.807) is 16.2 Å². The molecule has 1 fully saturated rings. The smallest absolute Gasteiger partial charge is 0.226 e. The predicted molar refractivity (Wildman–Crippen MR) is 114 cm³/mol. The highest BCUT2D eigenvalue weighted by Crippen LogP contribution is 2.48. The maximum Gasteiger partial charge on any atom is 0.226 e. The van der Waals surface area contributed by atoms with E-state index in [1.807, 2.05) is 11.3 Å². The highest BCUT2D eigenvalue weighted by Gasteiger charge is 2.39. The second-order valence-electron chi connectivity index (χ2n) is 8.19. The standard InChI is InChI=1S/C22H25N3OS2/c23-13-17-15-3-1-2-4-19(15)28-22(17)24-20(26)8-11-25-10-7-18-16(9-12-27-18)21(25)14-5-6-14/h9,12,14,21H,1-8,10-11H2,(H,24,26)/t21-/m1/s1. The number of nitrogens with one attached hydrogen (secondary N) is 1. The van der Waals surface area contributed by atoms with Crippen LogP contribution in [0.25, 0.3) is 0 Å². The normalized spacial score (nSPS) is 21.6. The Morgan fingerprint density at radius 3 is 2.93 bits per heavy atom. The number of hydrogen-bond acceptors (Lipinski definition) is 5. The van der Waals surface area contributed by atoms with E-state index < -0.39 is 0 Å². The van der Waals surface area contributed by atoms with Gasteiger partial charge in [0.05, 0.1) is 5.56 Å². The number of carbonyl (C=O) groups is 1. The molecule has 0 spiro atoms. The van der Waals surface area contributed by atoms with Gasteiger partial charge in [-0.25, -0.2) is 0 Å². The fraction of sp³-hybridized carbons (Fsp3) is 0.545. The van der Waals surface area contributed by atoms with Gasteiger partial charge in [-0.05, 0) is 73.4 Å². The Bertz CT molecular complexity index is 934. The SMILES string of the molecule is N#Cc1c(NC(=O)CCN2CCc3sccc3[C@H]2C2CC2)sc2c1CCCC2. The van der Waals surface area contributed by atoms with Gasteiger partial charge >= 0.3 is 0 Å². The summed E-state index contributed by atoms with van der Waals surface area (Å²) in [6.45, 7) is 1.86. The average Bonchev–Trinajstić information content (AvgIpc) is 3.32. The van der Waals surface area contributed by atoms with Crippen LogP contribution in [0.4, 0.5) is 5.00 Å². The Morgan fingerprint density at radius 1 is 1.25 bits per heavy atom. The van der Waals surface area contributed by atoms with Gasteiger partial charge < -0.3 is 5.32 Å². The largest absolute Gasteiger partial charge is 0.317 e. The summed E-state index contributed by atoms with van der Waals surface area (Å²) < 4.78 is 0. The quantitative estimate of drug-likeness (QED) is 0.761. The van der Waals surface area contributed by atoms with Crippen molar-refractivity contribution in [2.75, 3.05) is 18.4 Å². The van der Waals surface area contributed by atoms with Crippen molar-refractivity contribution >= 4 is 33.6 Å². The fourth-order valence-corrected chi connectivity index (χ4v) is 6.99. The summed E-state index contributed by atoms with van der Waals surface area (Å²) in [6.07, 6.45) is 8.59. The third-order valence-electron chi connectivity index (χ3n) is 6.35. The first-order valence-corrected chi connectivity index (χ1v) is 12.1. The van der Waals surface area contributed by atoms with Gasteiger partial charge in [0, 0.05) is 35.3 Å². The van der Waals surface area contributed by atoms with Crippen LogP contribution < -0.4 is 5.32 Å². The van der Waals surface area contributed by atoms with E-state index in [0.717, 1.165) is 49.7 Å². The molecule has 0 bridgehead atoms. The molecule has 4 nitrogen and oxygen atoms in total. The molecule has 2 aromatic rings. The number of aryl methyl sites for hydroxylation is 1. The van der Waals surface area contributed by atoms with Crippen LogP contribution in [-0.2, 0) is 24.1 Å². The van der Waals surface area contributed by atoms with Crippen molar-refractivity contribution in [3.05, 3.63) is 37.9 Å². The van der Waals surface area contributed by atoms with Crippen molar-refractivity contribution in [2.45, 2.75) is 57.4 Å². The van der Waals surface area contributed by atoms with Gasteiger partial charge in [0.1, 0.15) is 11.1 Å². The number of fused-ring (bicyclic) bond motifs is 2. The number of thiophene rings is 2. The Labute approximate surface area is 174 Å². The Hall–Kier alpha value is -1.68. The molecular formula is C22H25N3OS2. The Kier molecular flexibility index (Phi) is 5.00. The average molecular weight is 412 g/mol. The molecule has 6 heteroatoms. The fourth-order valence-electron chi connectivity index (χ4n) is 4.82. The summed E-state index contributed by atoms with van der Waals surface area (Å²) in [4.78, 5) is 18.1. The number of hydrogen-bond donors (Lipinski definition) is 1. The molecule has 1 saturated carbocycles. The van der Waals surface area contributed by atoms with E-state index in [-0.39, 0.29) is 5.91 Å². The van der Waals surface area contributed by atoms with E-state index in [4.69, 9.17) is 0 Å². The summed E-state index contributed by atoms with van der Waals surface area (Å²) in [5, 5.41) is 15.6. The zero-order chi connectivity index (χ0) is 19.1. The van der Waals surface area contributed by atoms with Crippen molar-refractivity contribution < 1.29 is 4.79 Å². The van der Waals surface area contributed by atoms with E-state index in [2.05, 4.69) is 27.7 Å². The van der Waals surface area contributed by atoms with Crippen LogP contribution in [0.2, 0.25) is 0 Å². The molecule has 1 atom stereocenters. The lowest BCUT2D eigenvalue weighted by molar-refractivity contribution is -0.116. The van der Waals surface area contributed by atoms with E-state index >= 15 is 0 Å². The van der Waals surface area contributed by atoms with Gasteiger partial charge in [-0.3, -0.25) is 9.69 Å². The monoisotopic (exact) mass is 411 g/mol. The van der Waals surface area contributed by atoms with Crippen molar-refractivity contribution in [1.82, 2.24) is 4.90 Å². The summed E-state index contributed by atoms with van der Waals surface area (Å²) in [5.74, 6) is 0.812. The minimum atomic E-state index is 0.0424. The van der Waals surface area contributed by atoms with Gasteiger partial charge in [-0.2, -0.15) is 5.26 Å². The highest BCUT2D eigenvalue weighted by molar-refractivity contribution is 7.16. The van der Waals surface area contributed by atoms with Crippen LogP contribution in [0, 0.1) is 17.2 Å². The molecule has 28 heavy (non-hydrogen) atoms. The second kappa shape index (κ2) is 7.62. The van der Waals surface area contributed by atoms with Crippen molar-refractivity contribution in [3.8, 4) is 6.07 Å². The van der Waals surface area contributed by atoms with Gasteiger partial charge in [0.25, 0.3) is 0 Å². The Morgan fingerprint density at radius 2 is 2.11 bits per heavy atom. The van der Waals surface area contributed by atoms with Crippen LogP contribution in [0.1, 0.15) is 64.6 Å².